The van der Waals surface area contributed by atoms with E-state index in [1.807, 2.05) is 0 Å². The zero-order valence-electron chi connectivity index (χ0n) is 15.9. The maximum atomic E-state index is 6.51. The second-order valence-electron chi connectivity index (χ2n) is 6.58. The van der Waals surface area contributed by atoms with Crippen molar-refractivity contribution in [2.75, 3.05) is 13.2 Å². The number of unbranched alkanes of at least 4 members (excludes halogenated alkanes) is 7. The molecule has 0 saturated heterocycles. The van der Waals surface area contributed by atoms with E-state index >= 15 is 0 Å². The Hall–Kier alpha value is 0.719. The van der Waals surface area contributed by atoms with Crippen molar-refractivity contribution < 1.29 is 6.15 Å². The van der Waals surface area contributed by atoms with Gasteiger partial charge in [0.15, 0.2) is 0 Å². The van der Waals surface area contributed by atoms with Crippen LogP contribution in [-0.2, 0) is 6.15 Å². The molecule has 0 aliphatic carbocycles. The monoisotopic (exact) mass is 422 g/mol. The Morgan fingerprint density at radius 1 is 0.500 bits per heavy atom. The van der Waals surface area contributed by atoms with E-state index in [1.165, 1.54) is 79.5 Å². The molecule has 0 amide bonds. The Labute approximate surface area is 145 Å². The summed E-state index contributed by atoms with van der Waals surface area (Å²) in [6.45, 7) is 11.0. The van der Waals surface area contributed by atoms with E-state index in [0.29, 0.717) is 0 Å². The van der Waals surface area contributed by atoms with Gasteiger partial charge in [-0.05, 0) is 0 Å². The summed E-state index contributed by atoms with van der Waals surface area (Å²) < 4.78 is 15.5. The molecule has 0 aliphatic rings. The predicted molar refractivity (Wildman–Crippen MR) is 101 cm³/mol. The fourth-order valence-electron chi connectivity index (χ4n) is 2.86. The molecule has 0 aliphatic heterocycles. The summed E-state index contributed by atoms with van der Waals surface area (Å²) in [7, 11) is 0. The van der Waals surface area contributed by atoms with Gasteiger partial charge in [0, 0.05) is 0 Å². The minimum absolute atomic E-state index is 0.953. The standard InChI is InChI=1S/2C6H13O.C4H9.C3H7.Sn/c2*1-2-3-4-5-6-7;1-3-4-2;1-3-2;/h2*2-6H2,1H3;1,3-4H2,2H3;1,3H2,2H3;/q2*-1;;;+2. The summed E-state index contributed by atoms with van der Waals surface area (Å²) in [5.74, 6) is 0. The van der Waals surface area contributed by atoms with E-state index in [1.54, 1.807) is 0 Å². The average molecular weight is 421 g/mol. The summed E-state index contributed by atoms with van der Waals surface area (Å²) >= 11 is -2.77. The molecule has 0 N–H and O–H groups in total. The summed E-state index contributed by atoms with van der Waals surface area (Å²) in [6.07, 6.45) is 14.1. The van der Waals surface area contributed by atoms with E-state index in [0.717, 1.165) is 13.2 Å². The average Bonchev–Trinajstić information content (AvgIpc) is 2.52. The van der Waals surface area contributed by atoms with E-state index in [2.05, 4.69) is 27.7 Å². The molecule has 0 saturated carbocycles. The second kappa shape index (κ2) is 16.6. The summed E-state index contributed by atoms with van der Waals surface area (Å²) in [5, 5.41) is 0. The van der Waals surface area contributed by atoms with E-state index in [4.69, 9.17) is 6.15 Å². The van der Waals surface area contributed by atoms with Gasteiger partial charge >= 0.3 is 146 Å². The van der Waals surface area contributed by atoms with Crippen LogP contribution in [-0.4, -0.2) is 32.4 Å². The molecule has 22 heavy (non-hydrogen) atoms. The minimum atomic E-state index is -2.77. The molecule has 0 fully saturated rings. The first-order valence-corrected chi connectivity index (χ1v) is 16.4. The van der Waals surface area contributed by atoms with Crippen LogP contribution in [0.15, 0.2) is 0 Å². The van der Waals surface area contributed by atoms with Gasteiger partial charge in [-0.3, -0.25) is 0 Å². The van der Waals surface area contributed by atoms with Crippen molar-refractivity contribution in [2.24, 2.45) is 0 Å². The van der Waals surface area contributed by atoms with Crippen LogP contribution in [0, 0.1) is 0 Å². The van der Waals surface area contributed by atoms with E-state index in [-0.39, 0.29) is 0 Å². The van der Waals surface area contributed by atoms with Gasteiger partial charge in [0.2, 0.25) is 0 Å². The molecule has 2 nitrogen and oxygen atoms in total. The first-order chi connectivity index (χ1) is 10.7. The molecule has 0 rings (SSSR count). The van der Waals surface area contributed by atoms with Gasteiger partial charge in [-0.25, -0.2) is 0 Å². The number of hydrogen-bond donors (Lipinski definition) is 0. The van der Waals surface area contributed by atoms with Crippen molar-refractivity contribution in [3.05, 3.63) is 0 Å². The third kappa shape index (κ3) is 12.2. The van der Waals surface area contributed by atoms with Crippen LogP contribution in [0.1, 0.15) is 98.3 Å². The Bertz CT molecular complexity index is 207. The van der Waals surface area contributed by atoms with Crippen LogP contribution in [0.4, 0.5) is 0 Å². The fourth-order valence-corrected chi connectivity index (χ4v) is 13.1. The summed E-state index contributed by atoms with van der Waals surface area (Å²) in [6, 6.07) is 0. The zero-order chi connectivity index (χ0) is 16.5. The summed E-state index contributed by atoms with van der Waals surface area (Å²) in [5.41, 5.74) is 0. The van der Waals surface area contributed by atoms with Crippen molar-refractivity contribution in [2.45, 2.75) is 107 Å². The fraction of sp³-hybridized carbons (Fsp3) is 1.00. The molecule has 0 bridgehead atoms. The number of hydrogen-bond acceptors (Lipinski definition) is 2. The molecule has 0 radical (unpaired) electrons. The number of rotatable bonds is 17. The van der Waals surface area contributed by atoms with Crippen molar-refractivity contribution in [1.29, 1.82) is 0 Å². The van der Waals surface area contributed by atoms with Gasteiger partial charge in [-0.2, -0.15) is 0 Å². The molecular formula is C19H42O2Sn. The van der Waals surface area contributed by atoms with E-state index in [9.17, 15) is 0 Å². The topological polar surface area (TPSA) is 18.5 Å². The first-order valence-electron chi connectivity index (χ1n) is 10.0. The molecule has 0 aromatic rings. The van der Waals surface area contributed by atoms with Crippen molar-refractivity contribution >= 4 is 19.2 Å². The Morgan fingerprint density at radius 2 is 1.00 bits per heavy atom. The van der Waals surface area contributed by atoms with Crippen LogP contribution in [0.2, 0.25) is 8.87 Å². The molecule has 0 spiro atoms. The normalized spacial score (nSPS) is 12.0. The molecule has 0 heterocycles. The first kappa shape index (κ1) is 22.7. The van der Waals surface area contributed by atoms with Crippen LogP contribution in [0.3, 0.4) is 0 Å². The van der Waals surface area contributed by atoms with Crippen molar-refractivity contribution in [3.63, 3.8) is 0 Å². The molecular weight excluding hydrogens is 379 g/mol. The van der Waals surface area contributed by atoms with Gasteiger partial charge in [-0.1, -0.05) is 0 Å². The maximum absolute atomic E-state index is 6.51. The van der Waals surface area contributed by atoms with Crippen LogP contribution in [0.25, 0.3) is 0 Å². The van der Waals surface area contributed by atoms with Crippen molar-refractivity contribution in [1.82, 2.24) is 0 Å². The quantitative estimate of drug-likeness (QED) is 0.189. The molecule has 0 atom stereocenters. The third-order valence-electron chi connectivity index (χ3n) is 4.27. The molecule has 0 aromatic carbocycles. The Balaban J connectivity index is 4.28. The van der Waals surface area contributed by atoms with Crippen LogP contribution < -0.4 is 0 Å². The summed E-state index contributed by atoms with van der Waals surface area (Å²) in [4.78, 5) is 0. The van der Waals surface area contributed by atoms with Crippen LogP contribution >= 0.6 is 0 Å². The molecule has 0 aromatic heterocycles. The van der Waals surface area contributed by atoms with Gasteiger partial charge in [0.1, 0.15) is 0 Å². The van der Waals surface area contributed by atoms with Crippen molar-refractivity contribution in [3.8, 4) is 0 Å². The third-order valence-corrected chi connectivity index (χ3v) is 15.2. The predicted octanol–water partition coefficient (Wildman–Crippen LogP) is 6.83. The molecule has 3 heteroatoms. The second-order valence-corrected chi connectivity index (χ2v) is 16.3. The Morgan fingerprint density at radius 3 is 1.41 bits per heavy atom. The van der Waals surface area contributed by atoms with Gasteiger partial charge < -0.3 is 0 Å². The zero-order valence-corrected chi connectivity index (χ0v) is 18.8. The molecule has 134 valence electrons. The Kier molecular flexibility index (Phi) is 17.1. The van der Waals surface area contributed by atoms with Gasteiger partial charge in [0.25, 0.3) is 0 Å². The van der Waals surface area contributed by atoms with Crippen LogP contribution in [0.5, 0.6) is 0 Å². The SMILES string of the molecule is CCCCCC[O][Sn]([CH2]CC)([CH2]CCC)[O]CCCCCC. The van der Waals surface area contributed by atoms with Gasteiger partial charge in [-0.15, -0.1) is 0 Å². The molecule has 0 unspecified atom stereocenters. The van der Waals surface area contributed by atoms with E-state index < -0.39 is 19.2 Å². The van der Waals surface area contributed by atoms with Gasteiger partial charge in [0.05, 0.1) is 0 Å².